The van der Waals surface area contributed by atoms with Crippen molar-refractivity contribution in [1.82, 2.24) is 10.2 Å². The molecular weight excluding hydrogens is 444 g/mol. The maximum atomic E-state index is 14.1. The van der Waals surface area contributed by atoms with Crippen molar-refractivity contribution in [1.29, 1.82) is 0 Å². The molecule has 1 aliphatic heterocycles. The summed E-state index contributed by atoms with van der Waals surface area (Å²) in [6.45, 7) is 7.46. The Morgan fingerprint density at radius 2 is 1.96 bits per heavy atom. The molecule has 4 nitrogen and oxygen atoms in total. The van der Waals surface area contributed by atoms with Crippen LogP contribution in [0.4, 0.5) is 4.39 Å². The molecule has 1 fully saturated rings. The van der Waals surface area contributed by atoms with E-state index < -0.39 is 0 Å². The molecular formula is C20H33FIN3O. The van der Waals surface area contributed by atoms with Crippen molar-refractivity contribution in [2.24, 2.45) is 10.9 Å². The molecule has 0 bridgehead atoms. The second-order valence-corrected chi connectivity index (χ2v) is 7.53. The predicted molar refractivity (Wildman–Crippen MR) is 117 cm³/mol. The lowest BCUT2D eigenvalue weighted by atomic mass is 9.84. The fourth-order valence-corrected chi connectivity index (χ4v) is 3.31. The molecule has 148 valence electrons. The molecule has 1 aromatic carbocycles. The van der Waals surface area contributed by atoms with Gasteiger partial charge in [-0.2, -0.15) is 0 Å². The Labute approximate surface area is 174 Å². The number of guanidine groups is 1. The number of nitrogens with zero attached hydrogens (tertiary/aromatic N) is 2. The van der Waals surface area contributed by atoms with Crippen LogP contribution in [0.1, 0.15) is 38.7 Å². The Morgan fingerprint density at radius 3 is 2.58 bits per heavy atom. The molecule has 1 heterocycles. The minimum Gasteiger partial charge on any atom is -0.381 e. The monoisotopic (exact) mass is 477 g/mol. The van der Waals surface area contributed by atoms with Gasteiger partial charge in [-0.05, 0) is 36.8 Å². The first-order chi connectivity index (χ1) is 11.9. The van der Waals surface area contributed by atoms with E-state index in [1.54, 1.807) is 13.1 Å². The quantitative estimate of drug-likeness (QED) is 0.382. The normalized spacial score (nSPS) is 16.1. The molecule has 0 saturated carbocycles. The van der Waals surface area contributed by atoms with Gasteiger partial charge in [0.1, 0.15) is 5.82 Å². The number of hydrogen-bond donors (Lipinski definition) is 1. The lowest BCUT2D eigenvalue weighted by Gasteiger charge is -2.30. The smallest absolute Gasteiger partial charge is 0.193 e. The van der Waals surface area contributed by atoms with Crippen molar-refractivity contribution in [3.05, 3.63) is 35.6 Å². The van der Waals surface area contributed by atoms with Crippen molar-refractivity contribution in [2.75, 3.05) is 40.4 Å². The highest BCUT2D eigenvalue weighted by atomic mass is 127. The van der Waals surface area contributed by atoms with Gasteiger partial charge in [-0.3, -0.25) is 4.99 Å². The van der Waals surface area contributed by atoms with Crippen molar-refractivity contribution in [3.8, 4) is 0 Å². The molecule has 0 spiro atoms. The van der Waals surface area contributed by atoms with E-state index in [0.717, 1.165) is 56.5 Å². The standard InChI is InChI=1S/C20H32FN3O.HI/c1-20(2,17-7-5-6-8-18(17)21)15-23-19(22-3)24(4)12-9-16-10-13-25-14-11-16;/h5-8,16H,9-15H2,1-4H3,(H,22,23);1H. The van der Waals surface area contributed by atoms with Gasteiger partial charge in [0.05, 0.1) is 0 Å². The highest BCUT2D eigenvalue weighted by Crippen LogP contribution is 2.25. The zero-order valence-electron chi connectivity index (χ0n) is 16.4. The summed E-state index contributed by atoms with van der Waals surface area (Å²) in [5, 5.41) is 3.41. The van der Waals surface area contributed by atoms with Crippen molar-refractivity contribution < 1.29 is 9.13 Å². The van der Waals surface area contributed by atoms with Crippen LogP contribution in [0, 0.1) is 11.7 Å². The molecule has 1 aliphatic rings. The summed E-state index contributed by atoms with van der Waals surface area (Å²) in [5.41, 5.74) is 0.408. The predicted octanol–water partition coefficient (Wildman–Crippen LogP) is 4.05. The number of nitrogens with one attached hydrogen (secondary N) is 1. The molecule has 0 atom stereocenters. The van der Waals surface area contributed by atoms with Crippen LogP contribution in [0.15, 0.2) is 29.3 Å². The summed E-state index contributed by atoms with van der Waals surface area (Å²) in [6.07, 6.45) is 3.46. The molecule has 0 aliphatic carbocycles. The third kappa shape index (κ3) is 6.68. The molecule has 0 radical (unpaired) electrons. The molecule has 0 amide bonds. The number of hydrogen-bond acceptors (Lipinski definition) is 2. The van der Waals surface area contributed by atoms with E-state index in [-0.39, 0.29) is 35.2 Å². The minimum atomic E-state index is -0.317. The molecule has 26 heavy (non-hydrogen) atoms. The van der Waals surface area contributed by atoms with Crippen molar-refractivity contribution in [2.45, 2.75) is 38.5 Å². The van der Waals surface area contributed by atoms with Crippen LogP contribution in [-0.4, -0.2) is 51.3 Å². The summed E-state index contributed by atoms with van der Waals surface area (Å²) in [6, 6.07) is 6.99. The van der Waals surface area contributed by atoms with Gasteiger partial charge < -0.3 is 15.0 Å². The lowest BCUT2D eigenvalue weighted by Crippen LogP contribution is -2.45. The van der Waals surface area contributed by atoms with Crippen LogP contribution in [0.3, 0.4) is 0 Å². The number of halogens is 2. The highest BCUT2D eigenvalue weighted by Gasteiger charge is 2.24. The molecule has 1 N–H and O–H groups in total. The van der Waals surface area contributed by atoms with E-state index in [0.29, 0.717) is 6.54 Å². The Balaban J connectivity index is 0.00000338. The Morgan fingerprint density at radius 1 is 1.31 bits per heavy atom. The third-order valence-corrected chi connectivity index (χ3v) is 5.08. The van der Waals surface area contributed by atoms with E-state index in [2.05, 4.69) is 22.3 Å². The van der Waals surface area contributed by atoms with Gasteiger partial charge in [-0.25, -0.2) is 4.39 Å². The van der Waals surface area contributed by atoms with Gasteiger partial charge in [0.25, 0.3) is 0 Å². The Hall–Kier alpha value is -0.890. The number of aliphatic imine (C=N–C) groups is 1. The molecule has 2 rings (SSSR count). The summed E-state index contributed by atoms with van der Waals surface area (Å²) >= 11 is 0. The molecule has 0 aromatic heterocycles. The van der Waals surface area contributed by atoms with Crippen LogP contribution in [0.5, 0.6) is 0 Å². The summed E-state index contributed by atoms with van der Waals surface area (Å²) in [7, 11) is 3.86. The van der Waals surface area contributed by atoms with Crippen LogP contribution in [-0.2, 0) is 10.2 Å². The van der Waals surface area contributed by atoms with Gasteiger partial charge in [0.2, 0.25) is 0 Å². The maximum absolute atomic E-state index is 14.1. The summed E-state index contributed by atoms with van der Waals surface area (Å²) < 4.78 is 19.5. The SMILES string of the molecule is CN=C(NCC(C)(C)c1ccccc1F)N(C)CCC1CCOCC1.I. The second-order valence-electron chi connectivity index (χ2n) is 7.53. The van der Waals surface area contributed by atoms with E-state index in [4.69, 9.17) is 4.74 Å². The fourth-order valence-electron chi connectivity index (χ4n) is 3.31. The molecule has 0 unspecified atom stereocenters. The highest BCUT2D eigenvalue weighted by molar-refractivity contribution is 14.0. The van der Waals surface area contributed by atoms with Crippen LogP contribution >= 0.6 is 24.0 Å². The topological polar surface area (TPSA) is 36.9 Å². The third-order valence-electron chi connectivity index (χ3n) is 5.08. The number of rotatable bonds is 6. The number of benzene rings is 1. The second kappa shape index (κ2) is 11.1. The van der Waals surface area contributed by atoms with Gasteiger partial charge in [0, 0.05) is 45.8 Å². The zero-order valence-corrected chi connectivity index (χ0v) is 18.8. The lowest BCUT2D eigenvalue weighted by molar-refractivity contribution is 0.0625. The molecule has 6 heteroatoms. The fraction of sp³-hybridized carbons (Fsp3) is 0.650. The van der Waals surface area contributed by atoms with Crippen LogP contribution in [0.2, 0.25) is 0 Å². The van der Waals surface area contributed by atoms with Crippen molar-refractivity contribution in [3.63, 3.8) is 0 Å². The summed E-state index contributed by atoms with van der Waals surface area (Å²) in [5.74, 6) is 1.44. The van der Waals surface area contributed by atoms with Gasteiger partial charge >= 0.3 is 0 Å². The Bertz CT molecular complexity index is 574. The van der Waals surface area contributed by atoms with Crippen LogP contribution < -0.4 is 5.32 Å². The average Bonchev–Trinajstić information content (AvgIpc) is 2.61. The van der Waals surface area contributed by atoms with Gasteiger partial charge in [0.15, 0.2) is 5.96 Å². The van der Waals surface area contributed by atoms with Crippen molar-refractivity contribution >= 4 is 29.9 Å². The van der Waals surface area contributed by atoms with Gasteiger partial charge in [-0.15, -0.1) is 24.0 Å². The molecule has 1 saturated heterocycles. The number of ether oxygens (including phenoxy) is 1. The first kappa shape index (κ1) is 23.1. The van der Waals surface area contributed by atoms with E-state index >= 15 is 0 Å². The van der Waals surface area contributed by atoms with E-state index in [1.807, 2.05) is 26.0 Å². The average molecular weight is 477 g/mol. The van der Waals surface area contributed by atoms with Gasteiger partial charge in [-0.1, -0.05) is 32.0 Å². The summed E-state index contributed by atoms with van der Waals surface area (Å²) in [4.78, 5) is 6.54. The first-order valence-corrected chi connectivity index (χ1v) is 9.18. The van der Waals surface area contributed by atoms with Crippen LogP contribution in [0.25, 0.3) is 0 Å². The largest absolute Gasteiger partial charge is 0.381 e. The maximum Gasteiger partial charge on any atom is 0.193 e. The first-order valence-electron chi connectivity index (χ1n) is 9.18. The Kier molecular flexibility index (Phi) is 9.85. The minimum absolute atomic E-state index is 0. The van der Waals surface area contributed by atoms with E-state index in [1.165, 1.54) is 6.07 Å². The van der Waals surface area contributed by atoms with E-state index in [9.17, 15) is 4.39 Å². The zero-order chi connectivity index (χ0) is 18.3. The molecule has 1 aromatic rings.